The van der Waals surface area contributed by atoms with Gasteiger partial charge < -0.3 is 15.5 Å². The molecule has 1 unspecified atom stereocenters. The molecule has 30 heavy (non-hydrogen) atoms. The third kappa shape index (κ3) is 3.78. The molecule has 0 radical (unpaired) electrons. The zero-order valence-corrected chi connectivity index (χ0v) is 16.7. The molecule has 0 saturated carbocycles. The largest absolute Gasteiger partial charge is 0.394 e. The summed E-state index contributed by atoms with van der Waals surface area (Å²) in [5.41, 5.74) is 0.934. The van der Waals surface area contributed by atoms with Gasteiger partial charge in [-0.05, 0) is 18.2 Å². The number of aromatic nitrogens is 3. The van der Waals surface area contributed by atoms with Crippen LogP contribution in [-0.4, -0.2) is 51.8 Å². The quantitative estimate of drug-likeness (QED) is 0.416. The molecule has 2 aromatic carbocycles. The van der Waals surface area contributed by atoms with Crippen molar-refractivity contribution in [1.29, 1.82) is 0 Å². The van der Waals surface area contributed by atoms with Crippen molar-refractivity contribution in [2.75, 3.05) is 18.5 Å². The van der Waals surface area contributed by atoms with Crippen LogP contribution in [0.2, 0.25) is 0 Å². The Bertz CT molecular complexity index is 1260. The number of aliphatic hydroxyl groups is 2. The highest BCUT2D eigenvalue weighted by molar-refractivity contribution is 7.90. The number of hydrogen-bond acceptors (Lipinski definition) is 7. The van der Waals surface area contributed by atoms with Gasteiger partial charge >= 0.3 is 0 Å². The zero-order valence-electron chi connectivity index (χ0n) is 15.9. The van der Waals surface area contributed by atoms with E-state index in [0.29, 0.717) is 17.0 Å². The van der Waals surface area contributed by atoms with E-state index in [1.54, 1.807) is 24.3 Å². The average molecular weight is 424 g/mol. The normalized spacial score (nSPS) is 12.7. The molecular weight excluding hydrogens is 404 g/mol. The van der Waals surface area contributed by atoms with Gasteiger partial charge in [0.15, 0.2) is 11.5 Å². The first-order chi connectivity index (χ1) is 14.5. The number of nitrogens with zero attached hydrogens (tertiary/aromatic N) is 3. The van der Waals surface area contributed by atoms with E-state index in [1.165, 1.54) is 18.3 Å². The van der Waals surface area contributed by atoms with Gasteiger partial charge in [0.2, 0.25) is 0 Å². The first kappa shape index (κ1) is 20.0. The summed E-state index contributed by atoms with van der Waals surface area (Å²) in [7, 11) is -3.86. The van der Waals surface area contributed by atoms with E-state index in [-0.39, 0.29) is 17.1 Å². The van der Waals surface area contributed by atoms with E-state index >= 15 is 0 Å². The molecule has 0 aliphatic rings. The van der Waals surface area contributed by atoms with Crippen molar-refractivity contribution in [2.24, 2.45) is 0 Å². The van der Waals surface area contributed by atoms with Crippen molar-refractivity contribution in [3.8, 4) is 11.4 Å². The van der Waals surface area contributed by atoms with Crippen LogP contribution in [0.15, 0.2) is 77.8 Å². The molecule has 2 heterocycles. The Balaban J connectivity index is 1.90. The third-order valence-corrected chi connectivity index (χ3v) is 6.24. The van der Waals surface area contributed by atoms with Crippen molar-refractivity contribution in [3.05, 3.63) is 72.9 Å². The summed E-state index contributed by atoms with van der Waals surface area (Å²) in [6, 6.07) is 18.9. The van der Waals surface area contributed by atoms with E-state index in [0.717, 1.165) is 9.54 Å². The summed E-state index contributed by atoms with van der Waals surface area (Å²) < 4.78 is 27.5. The molecule has 0 bridgehead atoms. The lowest BCUT2D eigenvalue weighted by atomic mass is 10.2. The van der Waals surface area contributed by atoms with E-state index in [2.05, 4.69) is 15.3 Å². The van der Waals surface area contributed by atoms with Gasteiger partial charge in [-0.25, -0.2) is 22.4 Å². The van der Waals surface area contributed by atoms with Crippen LogP contribution in [0.3, 0.4) is 0 Å². The van der Waals surface area contributed by atoms with E-state index < -0.39 is 22.7 Å². The van der Waals surface area contributed by atoms with Crippen LogP contribution in [0.25, 0.3) is 22.4 Å². The van der Waals surface area contributed by atoms with Gasteiger partial charge in [0, 0.05) is 18.3 Å². The molecule has 154 valence electrons. The number of benzene rings is 2. The van der Waals surface area contributed by atoms with Gasteiger partial charge in [-0.1, -0.05) is 48.5 Å². The second kappa shape index (κ2) is 8.23. The number of rotatable bonds is 7. The first-order valence-electron chi connectivity index (χ1n) is 9.28. The van der Waals surface area contributed by atoms with Crippen LogP contribution in [0, 0.1) is 0 Å². The summed E-state index contributed by atoms with van der Waals surface area (Å²) in [6.07, 6.45) is 0.453. The average Bonchev–Trinajstić information content (AvgIpc) is 3.23. The molecule has 0 aliphatic heterocycles. The van der Waals surface area contributed by atoms with Crippen molar-refractivity contribution in [2.45, 2.75) is 11.0 Å². The number of anilines is 1. The fourth-order valence-corrected chi connectivity index (χ4v) is 4.34. The van der Waals surface area contributed by atoms with Gasteiger partial charge in [-0.3, -0.25) is 0 Å². The molecule has 1 atom stereocenters. The SMILES string of the molecule is O=S(=O)(c1ccccc1)n1ccc2c(NCC(O)CO)nc(-c3ccccc3)nc21. The van der Waals surface area contributed by atoms with Crippen molar-refractivity contribution in [3.63, 3.8) is 0 Å². The van der Waals surface area contributed by atoms with Gasteiger partial charge in [-0.2, -0.15) is 0 Å². The Morgan fingerprint density at radius 2 is 1.63 bits per heavy atom. The minimum absolute atomic E-state index is 0.0491. The molecule has 0 saturated heterocycles. The molecule has 9 heteroatoms. The lowest BCUT2D eigenvalue weighted by molar-refractivity contribution is 0.105. The summed E-state index contributed by atoms with van der Waals surface area (Å²) in [5.74, 6) is 0.709. The molecule has 4 rings (SSSR count). The van der Waals surface area contributed by atoms with Gasteiger partial charge in [0.25, 0.3) is 10.0 Å². The maximum Gasteiger partial charge on any atom is 0.269 e. The van der Waals surface area contributed by atoms with E-state index in [9.17, 15) is 13.5 Å². The Morgan fingerprint density at radius 3 is 2.30 bits per heavy atom. The Morgan fingerprint density at radius 1 is 0.967 bits per heavy atom. The van der Waals surface area contributed by atoms with Gasteiger partial charge in [0.05, 0.1) is 23.0 Å². The van der Waals surface area contributed by atoms with Crippen LogP contribution in [-0.2, 0) is 10.0 Å². The Kier molecular flexibility index (Phi) is 5.49. The second-order valence-electron chi connectivity index (χ2n) is 6.65. The highest BCUT2D eigenvalue weighted by atomic mass is 32.2. The molecule has 0 fully saturated rings. The molecule has 0 aliphatic carbocycles. The Labute approximate surface area is 173 Å². The molecule has 8 nitrogen and oxygen atoms in total. The van der Waals surface area contributed by atoms with Crippen molar-refractivity contribution in [1.82, 2.24) is 13.9 Å². The summed E-state index contributed by atoms with van der Waals surface area (Å²) >= 11 is 0. The minimum Gasteiger partial charge on any atom is -0.394 e. The number of fused-ring (bicyclic) bond motifs is 1. The fourth-order valence-electron chi connectivity index (χ4n) is 3.02. The first-order valence-corrected chi connectivity index (χ1v) is 10.7. The van der Waals surface area contributed by atoms with Crippen LogP contribution in [0.1, 0.15) is 0 Å². The smallest absolute Gasteiger partial charge is 0.269 e. The molecule has 4 aromatic rings. The summed E-state index contributed by atoms with van der Waals surface area (Å²) in [4.78, 5) is 9.19. The standard InChI is InChI=1S/C21H20N4O4S/c26-14-16(27)13-22-20-18-11-12-25(30(28,29)17-9-5-2-6-10-17)21(18)24-19(23-20)15-7-3-1-4-8-15/h1-12,16,26-27H,13-14H2,(H,22,23,24). The van der Waals surface area contributed by atoms with Crippen molar-refractivity contribution < 1.29 is 18.6 Å². The monoisotopic (exact) mass is 424 g/mol. The molecule has 3 N–H and O–H groups in total. The lowest BCUT2D eigenvalue weighted by Gasteiger charge is -2.13. The predicted molar refractivity (Wildman–Crippen MR) is 114 cm³/mol. The van der Waals surface area contributed by atoms with Crippen LogP contribution >= 0.6 is 0 Å². The van der Waals surface area contributed by atoms with E-state index in [4.69, 9.17) is 5.11 Å². The third-order valence-electron chi connectivity index (χ3n) is 4.56. The maximum absolute atomic E-state index is 13.2. The zero-order chi connectivity index (χ0) is 21.1. The fraction of sp³-hybridized carbons (Fsp3) is 0.143. The number of aliphatic hydroxyl groups excluding tert-OH is 2. The Hall–Kier alpha value is -3.27. The molecule has 2 aromatic heterocycles. The summed E-state index contributed by atoms with van der Waals surface area (Å²) in [6.45, 7) is -0.358. The summed E-state index contributed by atoms with van der Waals surface area (Å²) in [5, 5.41) is 22.3. The van der Waals surface area contributed by atoms with Crippen LogP contribution in [0.5, 0.6) is 0 Å². The number of hydrogen-bond donors (Lipinski definition) is 3. The van der Waals surface area contributed by atoms with Crippen molar-refractivity contribution >= 4 is 26.9 Å². The predicted octanol–water partition coefficient (Wildman–Crippen LogP) is 2.10. The van der Waals surface area contributed by atoms with Gasteiger partial charge in [0.1, 0.15) is 5.82 Å². The van der Waals surface area contributed by atoms with Gasteiger partial charge in [-0.15, -0.1) is 0 Å². The number of nitrogens with one attached hydrogen (secondary N) is 1. The minimum atomic E-state index is -3.86. The van der Waals surface area contributed by atoms with Crippen LogP contribution < -0.4 is 5.32 Å². The highest BCUT2D eigenvalue weighted by Gasteiger charge is 2.22. The van der Waals surface area contributed by atoms with Crippen LogP contribution in [0.4, 0.5) is 5.82 Å². The second-order valence-corrected chi connectivity index (χ2v) is 8.46. The topological polar surface area (TPSA) is 117 Å². The van der Waals surface area contributed by atoms with E-state index in [1.807, 2.05) is 30.3 Å². The lowest BCUT2D eigenvalue weighted by Crippen LogP contribution is -2.23. The molecule has 0 spiro atoms. The maximum atomic E-state index is 13.2. The molecular formula is C21H20N4O4S. The molecule has 0 amide bonds. The highest BCUT2D eigenvalue weighted by Crippen LogP contribution is 2.28.